The maximum absolute atomic E-state index is 12.4. The zero-order valence-corrected chi connectivity index (χ0v) is 15.3. The number of carbonyl (C=O) groups is 1. The minimum absolute atomic E-state index is 0.170. The van der Waals surface area contributed by atoms with Gasteiger partial charge in [0.25, 0.3) is 11.5 Å². The summed E-state index contributed by atoms with van der Waals surface area (Å²) < 4.78 is 7.08. The molecule has 7 nitrogen and oxygen atoms in total. The molecular formula is C19H16N4O3S. The van der Waals surface area contributed by atoms with Gasteiger partial charge in [0, 0.05) is 23.4 Å². The van der Waals surface area contributed by atoms with E-state index in [1.165, 1.54) is 28.2 Å². The van der Waals surface area contributed by atoms with E-state index in [-0.39, 0.29) is 11.3 Å². The van der Waals surface area contributed by atoms with Gasteiger partial charge in [0.05, 0.1) is 0 Å². The molecular weight excluding hydrogens is 364 g/mol. The lowest BCUT2D eigenvalue weighted by Gasteiger charge is -2.05. The van der Waals surface area contributed by atoms with Gasteiger partial charge in [-0.3, -0.25) is 14.9 Å². The van der Waals surface area contributed by atoms with Crippen LogP contribution in [0.4, 0.5) is 5.13 Å². The fourth-order valence-corrected chi connectivity index (χ4v) is 3.35. The number of fused-ring (bicyclic) bond motifs is 1. The van der Waals surface area contributed by atoms with Crippen molar-refractivity contribution in [1.82, 2.24) is 14.8 Å². The molecule has 0 aliphatic rings. The van der Waals surface area contributed by atoms with Gasteiger partial charge in [-0.05, 0) is 24.6 Å². The first-order valence-corrected chi connectivity index (χ1v) is 9.36. The summed E-state index contributed by atoms with van der Waals surface area (Å²) in [5.41, 5.74) is 1.38. The zero-order chi connectivity index (χ0) is 18.8. The molecule has 27 heavy (non-hydrogen) atoms. The van der Waals surface area contributed by atoms with Crippen molar-refractivity contribution in [2.45, 2.75) is 19.9 Å². The Morgan fingerprint density at radius 2 is 2.11 bits per heavy atom. The summed E-state index contributed by atoms with van der Waals surface area (Å²) in [4.78, 5) is 28.6. The maximum atomic E-state index is 12.4. The van der Waals surface area contributed by atoms with Gasteiger partial charge in [-0.2, -0.15) is 5.10 Å². The zero-order valence-electron chi connectivity index (χ0n) is 14.5. The summed E-state index contributed by atoms with van der Waals surface area (Å²) in [6, 6.07) is 12.4. The monoisotopic (exact) mass is 380 g/mol. The van der Waals surface area contributed by atoms with E-state index < -0.39 is 5.91 Å². The Labute approximate surface area is 158 Å². The second kappa shape index (κ2) is 7.16. The van der Waals surface area contributed by atoms with Crippen molar-refractivity contribution in [2.75, 3.05) is 5.32 Å². The quantitative estimate of drug-likeness (QED) is 0.569. The number of nitrogens with zero attached hydrogens (tertiary/aromatic N) is 3. The van der Waals surface area contributed by atoms with Crippen molar-refractivity contribution >= 4 is 33.3 Å². The van der Waals surface area contributed by atoms with E-state index in [1.807, 2.05) is 42.6 Å². The number of furan rings is 1. The molecule has 0 aliphatic heterocycles. The summed E-state index contributed by atoms with van der Waals surface area (Å²) in [6.45, 7) is 2.41. The number of anilines is 1. The number of aryl methyl sites for hydroxylation is 1. The molecule has 0 unspecified atom stereocenters. The number of carbonyl (C=O) groups excluding carboxylic acids is 1. The summed E-state index contributed by atoms with van der Waals surface area (Å²) in [5.74, 6) is 0.230. The van der Waals surface area contributed by atoms with Crippen LogP contribution >= 0.6 is 11.3 Å². The molecule has 0 aliphatic carbocycles. The minimum atomic E-state index is -0.412. The molecule has 0 saturated heterocycles. The van der Waals surface area contributed by atoms with Crippen LogP contribution in [0.25, 0.3) is 22.4 Å². The molecule has 8 heteroatoms. The van der Waals surface area contributed by atoms with Gasteiger partial charge in [0.15, 0.2) is 10.9 Å². The molecule has 4 aromatic rings. The lowest BCUT2D eigenvalue weighted by atomic mass is 10.2. The predicted molar refractivity (Wildman–Crippen MR) is 104 cm³/mol. The summed E-state index contributed by atoms with van der Waals surface area (Å²) in [6.07, 6.45) is 0.755. The third-order valence-corrected chi connectivity index (χ3v) is 4.70. The number of rotatable bonds is 5. The van der Waals surface area contributed by atoms with Crippen molar-refractivity contribution in [3.63, 3.8) is 0 Å². The normalized spacial score (nSPS) is 11.0. The molecule has 1 amide bonds. The van der Waals surface area contributed by atoms with Gasteiger partial charge in [-0.1, -0.05) is 25.1 Å². The number of amides is 1. The highest BCUT2D eigenvalue weighted by Gasteiger charge is 2.14. The summed E-state index contributed by atoms with van der Waals surface area (Å²) >= 11 is 1.30. The van der Waals surface area contributed by atoms with Crippen LogP contribution in [0.3, 0.4) is 0 Å². The second-order valence-corrected chi connectivity index (χ2v) is 6.78. The molecule has 136 valence electrons. The molecule has 4 rings (SSSR count). The lowest BCUT2D eigenvalue weighted by Crippen LogP contribution is -2.26. The van der Waals surface area contributed by atoms with Crippen LogP contribution in [0.5, 0.6) is 0 Å². The average molecular weight is 380 g/mol. The average Bonchev–Trinajstić information content (AvgIpc) is 3.30. The topological polar surface area (TPSA) is 90.0 Å². The lowest BCUT2D eigenvalue weighted by molar-refractivity contribution is 0.101. The number of nitrogens with one attached hydrogen (secondary N) is 1. The van der Waals surface area contributed by atoms with Crippen molar-refractivity contribution in [1.29, 1.82) is 0 Å². The van der Waals surface area contributed by atoms with Gasteiger partial charge in [0.2, 0.25) is 0 Å². The first kappa shape index (κ1) is 17.2. The molecule has 3 aromatic heterocycles. The molecule has 0 atom stereocenters. The van der Waals surface area contributed by atoms with Crippen LogP contribution in [0.1, 0.15) is 23.8 Å². The van der Waals surface area contributed by atoms with Gasteiger partial charge in [0.1, 0.15) is 17.0 Å². The van der Waals surface area contributed by atoms with E-state index in [2.05, 4.69) is 15.4 Å². The van der Waals surface area contributed by atoms with E-state index in [9.17, 15) is 9.59 Å². The number of aromatic nitrogens is 3. The highest BCUT2D eigenvalue weighted by atomic mass is 32.1. The highest BCUT2D eigenvalue weighted by Crippen LogP contribution is 2.30. The smallest absolute Gasteiger partial charge is 0.277 e. The number of hydrogen-bond acceptors (Lipinski definition) is 6. The van der Waals surface area contributed by atoms with Crippen LogP contribution < -0.4 is 10.9 Å². The molecule has 0 saturated carbocycles. The van der Waals surface area contributed by atoms with Crippen LogP contribution in [0.2, 0.25) is 0 Å². The third-order valence-electron chi connectivity index (χ3n) is 3.94. The van der Waals surface area contributed by atoms with Crippen molar-refractivity contribution in [3.8, 4) is 11.5 Å². The van der Waals surface area contributed by atoms with Crippen molar-refractivity contribution < 1.29 is 9.21 Å². The third kappa shape index (κ3) is 3.52. The van der Waals surface area contributed by atoms with Crippen LogP contribution in [0, 0.1) is 0 Å². The molecule has 1 aromatic carbocycles. The summed E-state index contributed by atoms with van der Waals surface area (Å²) in [7, 11) is 0. The van der Waals surface area contributed by atoms with E-state index in [4.69, 9.17) is 4.42 Å². The van der Waals surface area contributed by atoms with Gasteiger partial charge >= 0.3 is 0 Å². The van der Waals surface area contributed by atoms with Crippen LogP contribution in [0.15, 0.2) is 57.1 Å². The van der Waals surface area contributed by atoms with Gasteiger partial charge < -0.3 is 4.42 Å². The first-order chi connectivity index (χ1) is 13.1. The van der Waals surface area contributed by atoms with Crippen molar-refractivity contribution in [2.24, 2.45) is 0 Å². The molecule has 0 radical (unpaired) electrons. The number of hydrogen-bond donors (Lipinski definition) is 1. The number of thiazole rings is 1. The molecule has 0 spiro atoms. The van der Waals surface area contributed by atoms with Crippen LogP contribution in [-0.2, 0) is 6.54 Å². The fourth-order valence-electron chi connectivity index (χ4n) is 2.66. The molecule has 0 fully saturated rings. The maximum Gasteiger partial charge on any atom is 0.277 e. The standard InChI is InChI=1S/C19H16N4O3S/c1-2-9-23-17(24)8-7-13(22-23)18(25)21-19-20-14(11-27-19)16-10-12-5-3-4-6-15(12)26-16/h3-8,10-11H,2,9H2,1H3,(H,20,21,25). The summed E-state index contributed by atoms with van der Waals surface area (Å²) in [5, 5.41) is 10.1. The van der Waals surface area contributed by atoms with E-state index in [0.717, 1.165) is 17.4 Å². The fraction of sp³-hybridized carbons (Fsp3) is 0.158. The SMILES string of the molecule is CCCn1nc(C(=O)Nc2nc(-c3cc4ccccc4o3)cs2)ccc1=O. The Bertz CT molecular complexity index is 1140. The second-order valence-electron chi connectivity index (χ2n) is 5.92. The highest BCUT2D eigenvalue weighted by molar-refractivity contribution is 7.14. The largest absolute Gasteiger partial charge is 0.454 e. The number of para-hydroxylation sites is 1. The Morgan fingerprint density at radius 1 is 1.26 bits per heavy atom. The Morgan fingerprint density at radius 3 is 2.93 bits per heavy atom. The molecule has 3 heterocycles. The minimum Gasteiger partial charge on any atom is -0.454 e. The first-order valence-electron chi connectivity index (χ1n) is 8.48. The number of benzene rings is 1. The Balaban J connectivity index is 1.54. The van der Waals surface area contributed by atoms with E-state index in [0.29, 0.717) is 23.1 Å². The van der Waals surface area contributed by atoms with Crippen LogP contribution in [-0.4, -0.2) is 20.7 Å². The van der Waals surface area contributed by atoms with E-state index in [1.54, 1.807) is 0 Å². The van der Waals surface area contributed by atoms with Crippen molar-refractivity contribution in [3.05, 3.63) is 63.9 Å². The van der Waals surface area contributed by atoms with Gasteiger partial charge in [-0.25, -0.2) is 9.67 Å². The van der Waals surface area contributed by atoms with E-state index >= 15 is 0 Å². The Kier molecular flexibility index (Phi) is 4.55. The van der Waals surface area contributed by atoms with Gasteiger partial charge in [-0.15, -0.1) is 11.3 Å². The molecule has 0 bridgehead atoms. The Hall–Kier alpha value is -3.26. The molecule has 1 N–H and O–H groups in total. The predicted octanol–water partition coefficient (Wildman–Crippen LogP) is 3.78.